The third-order valence-electron chi connectivity index (χ3n) is 10.1. The standard InChI is InChI=1S/C30H43NOSi/c1-23-27-20-29-30(2,18-17-28(27)33(3,4)26-15-9-6-10-16-26)25(21-31(23)29)14-11-19-32-22-24-12-7-5-8-13-24/h5-10,12-13,15-16,23,25,27-29H,11,14,17-22H2,1-4H3/t23-,25+,27+,28-,29+,30+/m0/s1. The van der Waals surface area contributed by atoms with Crippen LogP contribution in [0.3, 0.4) is 0 Å². The van der Waals surface area contributed by atoms with Gasteiger partial charge in [0.2, 0.25) is 0 Å². The Kier molecular flexibility index (Phi) is 6.59. The molecule has 1 aliphatic carbocycles. The van der Waals surface area contributed by atoms with E-state index in [1.807, 2.05) is 0 Å². The molecule has 6 atom stereocenters. The average molecular weight is 462 g/mol. The third kappa shape index (κ3) is 4.26. The van der Waals surface area contributed by atoms with Crippen LogP contribution in [0.2, 0.25) is 18.6 Å². The van der Waals surface area contributed by atoms with Crippen LogP contribution in [-0.2, 0) is 11.3 Å². The molecule has 5 rings (SSSR count). The number of benzene rings is 2. The van der Waals surface area contributed by atoms with Gasteiger partial charge in [0.15, 0.2) is 0 Å². The predicted molar refractivity (Wildman–Crippen MR) is 142 cm³/mol. The summed E-state index contributed by atoms with van der Waals surface area (Å²) in [7, 11) is -1.51. The van der Waals surface area contributed by atoms with Gasteiger partial charge in [0.25, 0.3) is 0 Å². The first-order chi connectivity index (χ1) is 15.9. The molecule has 3 heteroatoms. The van der Waals surface area contributed by atoms with Crippen LogP contribution in [0.25, 0.3) is 0 Å². The van der Waals surface area contributed by atoms with Crippen LogP contribution >= 0.6 is 0 Å². The second-order valence-electron chi connectivity index (χ2n) is 12.0. The van der Waals surface area contributed by atoms with Crippen LogP contribution in [-0.4, -0.2) is 38.2 Å². The second kappa shape index (κ2) is 9.32. The quantitative estimate of drug-likeness (QED) is 0.329. The molecule has 178 valence electrons. The van der Waals surface area contributed by atoms with E-state index in [2.05, 4.69) is 92.5 Å². The summed E-state index contributed by atoms with van der Waals surface area (Å²) in [4.78, 5) is 2.95. The van der Waals surface area contributed by atoms with Gasteiger partial charge in [-0.25, -0.2) is 0 Å². The van der Waals surface area contributed by atoms with Gasteiger partial charge >= 0.3 is 0 Å². The van der Waals surface area contributed by atoms with E-state index in [0.717, 1.165) is 42.7 Å². The van der Waals surface area contributed by atoms with Crippen LogP contribution in [0.1, 0.15) is 51.5 Å². The molecule has 0 radical (unpaired) electrons. The van der Waals surface area contributed by atoms with Crippen molar-refractivity contribution in [3.63, 3.8) is 0 Å². The smallest absolute Gasteiger partial charge is 0.0840 e. The maximum atomic E-state index is 6.03. The summed E-state index contributed by atoms with van der Waals surface area (Å²) < 4.78 is 6.03. The summed E-state index contributed by atoms with van der Waals surface area (Å²) in [5.74, 6) is 1.71. The molecule has 3 aliphatic rings. The fourth-order valence-electron chi connectivity index (χ4n) is 7.94. The molecule has 2 aromatic rings. The fourth-order valence-corrected chi connectivity index (χ4v) is 11.8. The molecule has 1 saturated carbocycles. The van der Waals surface area contributed by atoms with E-state index < -0.39 is 8.07 Å². The highest BCUT2D eigenvalue weighted by molar-refractivity contribution is 6.91. The molecule has 2 aliphatic heterocycles. The molecule has 0 amide bonds. The Morgan fingerprint density at radius 1 is 1.03 bits per heavy atom. The highest BCUT2D eigenvalue weighted by Crippen LogP contribution is 2.60. The van der Waals surface area contributed by atoms with Gasteiger partial charge in [-0.2, -0.15) is 0 Å². The van der Waals surface area contributed by atoms with Gasteiger partial charge in [-0.1, -0.05) is 92.3 Å². The van der Waals surface area contributed by atoms with Crippen molar-refractivity contribution in [3.05, 3.63) is 66.2 Å². The molecule has 2 nitrogen and oxygen atoms in total. The van der Waals surface area contributed by atoms with Gasteiger partial charge < -0.3 is 4.74 Å². The molecule has 2 bridgehead atoms. The van der Waals surface area contributed by atoms with Gasteiger partial charge in [0.1, 0.15) is 0 Å². The predicted octanol–water partition coefficient (Wildman–Crippen LogP) is 6.48. The zero-order chi connectivity index (χ0) is 23.1. The highest BCUT2D eigenvalue weighted by atomic mass is 28.3. The number of ether oxygens (including phenoxy) is 1. The molecular weight excluding hydrogens is 418 g/mol. The summed E-state index contributed by atoms with van der Waals surface area (Å²) in [6.07, 6.45) is 6.80. The minimum absolute atomic E-state index is 0.484. The molecule has 3 fully saturated rings. The van der Waals surface area contributed by atoms with Gasteiger partial charge in [-0.3, -0.25) is 4.90 Å². The van der Waals surface area contributed by atoms with Crippen LogP contribution < -0.4 is 5.19 Å². The van der Waals surface area contributed by atoms with E-state index in [1.165, 1.54) is 44.2 Å². The lowest BCUT2D eigenvalue weighted by Crippen LogP contribution is -2.50. The number of hydrogen-bond acceptors (Lipinski definition) is 2. The summed E-state index contributed by atoms with van der Waals surface area (Å²) in [5, 5.41) is 1.66. The van der Waals surface area contributed by atoms with Gasteiger partial charge in [0.05, 0.1) is 14.7 Å². The first kappa shape index (κ1) is 23.3. The molecule has 0 spiro atoms. The summed E-state index contributed by atoms with van der Waals surface area (Å²) >= 11 is 0. The number of nitrogens with zero attached hydrogens (tertiary/aromatic N) is 1. The van der Waals surface area contributed by atoms with Crippen molar-refractivity contribution in [3.8, 4) is 0 Å². The monoisotopic (exact) mass is 461 g/mol. The van der Waals surface area contributed by atoms with Gasteiger partial charge in [0, 0.05) is 25.2 Å². The van der Waals surface area contributed by atoms with Crippen molar-refractivity contribution in [2.75, 3.05) is 13.2 Å². The minimum atomic E-state index is -1.51. The molecule has 33 heavy (non-hydrogen) atoms. The Labute approximate surface area is 202 Å². The van der Waals surface area contributed by atoms with Crippen molar-refractivity contribution in [2.24, 2.45) is 17.3 Å². The van der Waals surface area contributed by atoms with E-state index >= 15 is 0 Å². The fraction of sp³-hybridized carbons (Fsp3) is 0.600. The molecule has 2 saturated heterocycles. The van der Waals surface area contributed by atoms with E-state index in [4.69, 9.17) is 4.74 Å². The number of rotatable bonds is 8. The minimum Gasteiger partial charge on any atom is -0.377 e. The van der Waals surface area contributed by atoms with Crippen molar-refractivity contribution in [1.82, 2.24) is 4.90 Å². The Morgan fingerprint density at radius 3 is 2.45 bits per heavy atom. The number of hydrogen-bond donors (Lipinski definition) is 0. The zero-order valence-electron chi connectivity index (χ0n) is 21.2. The van der Waals surface area contributed by atoms with Crippen LogP contribution in [0.5, 0.6) is 0 Å². The molecule has 0 N–H and O–H groups in total. The lowest BCUT2D eigenvalue weighted by molar-refractivity contribution is 0.102. The van der Waals surface area contributed by atoms with E-state index in [1.54, 1.807) is 5.19 Å². The van der Waals surface area contributed by atoms with Crippen LogP contribution in [0.4, 0.5) is 0 Å². The molecular formula is C30H43NOSi. The maximum absolute atomic E-state index is 6.03. The summed E-state index contributed by atoms with van der Waals surface area (Å²) in [6.45, 7) is 13.5. The third-order valence-corrected chi connectivity index (χ3v) is 14.5. The summed E-state index contributed by atoms with van der Waals surface area (Å²) in [6, 6.07) is 23.7. The van der Waals surface area contributed by atoms with Gasteiger partial charge in [-0.05, 0) is 61.0 Å². The molecule has 2 heterocycles. The Hall–Kier alpha value is -1.42. The molecule has 0 aromatic heterocycles. The van der Waals surface area contributed by atoms with E-state index in [9.17, 15) is 0 Å². The lowest BCUT2D eigenvalue weighted by atomic mass is 9.70. The first-order valence-electron chi connectivity index (χ1n) is 13.3. The van der Waals surface area contributed by atoms with Gasteiger partial charge in [-0.15, -0.1) is 0 Å². The zero-order valence-corrected chi connectivity index (χ0v) is 22.2. The molecule has 0 unspecified atom stereocenters. The van der Waals surface area contributed by atoms with Crippen LogP contribution in [0, 0.1) is 17.3 Å². The first-order valence-corrected chi connectivity index (χ1v) is 16.4. The Balaban J connectivity index is 1.24. The average Bonchev–Trinajstić information content (AvgIpc) is 3.23. The van der Waals surface area contributed by atoms with Crippen LogP contribution in [0.15, 0.2) is 60.7 Å². The largest absolute Gasteiger partial charge is 0.377 e. The van der Waals surface area contributed by atoms with E-state index in [0.29, 0.717) is 5.41 Å². The summed E-state index contributed by atoms with van der Waals surface area (Å²) in [5.41, 5.74) is 2.67. The number of fused-ring (bicyclic) bond motifs is 1. The van der Waals surface area contributed by atoms with Crippen molar-refractivity contribution >= 4 is 13.3 Å². The Morgan fingerprint density at radius 2 is 1.73 bits per heavy atom. The molecule has 2 aromatic carbocycles. The normalized spacial score (nSPS) is 33.9. The maximum Gasteiger partial charge on any atom is 0.0840 e. The second-order valence-corrected chi connectivity index (χ2v) is 16.7. The van der Waals surface area contributed by atoms with Crippen molar-refractivity contribution in [1.29, 1.82) is 0 Å². The van der Waals surface area contributed by atoms with Crippen molar-refractivity contribution in [2.45, 2.75) is 83.3 Å². The SMILES string of the molecule is C[C@H]1[C@H]2C[C@H]3N1C[C@@H](CCCOCc1ccccc1)[C@@]3(C)CC[C@@H]2[Si](C)(C)c1ccccc1. The topological polar surface area (TPSA) is 12.5 Å². The lowest BCUT2D eigenvalue weighted by Gasteiger charge is -2.41. The highest BCUT2D eigenvalue weighted by Gasteiger charge is 2.61. The Bertz CT molecular complexity index is 915. The van der Waals surface area contributed by atoms with E-state index in [-0.39, 0.29) is 0 Å². The van der Waals surface area contributed by atoms with Crippen molar-refractivity contribution < 1.29 is 4.74 Å².